The Morgan fingerprint density at radius 2 is 1.86 bits per heavy atom. The molecule has 2 aromatic carbocycles. The molecule has 0 radical (unpaired) electrons. The summed E-state index contributed by atoms with van der Waals surface area (Å²) in [5.41, 5.74) is 2.09. The number of nitrogens with zero attached hydrogens (tertiary/aromatic N) is 1. The van der Waals surface area contributed by atoms with Crippen molar-refractivity contribution in [2.24, 2.45) is 0 Å². The second kappa shape index (κ2) is 8.54. The van der Waals surface area contributed by atoms with Crippen LogP contribution < -0.4 is 14.4 Å². The van der Waals surface area contributed by atoms with Crippen LogP contribution in [-0.2, 0) is 11.2 Å². The van der Waals surface area contributed by atoms with Gasteiger partial charge in [0.25, 0.3) is 11.1 Å². The quantitative estimate of drug-likeness (QED) is 0.471. The average molecular weight is 416 g/mol. The monoisotopic (exact) mass is 415 g/mol. The molecule has 1 heterocycles. The van der Waals surface area contributed by atoms with Gasteiger partial charge in [-0.1, -0.05) is 17.7 Å². The lowest BCUT2D eigenvalue weighted by molar-refractivity contribution is -0.113. The zero-order valence-corrected chi connectivity index (χ0v) is 17.0. The van der Waals surface area contributed by atoms with E-state index in [1.165, 1.54) is 0 Å². The summed E-state index contributed by atoms with van der Waals surface area (Å²) in [6.45, 7) is 3.76. The molecule has 7 heteroatoms. The summed E-state index contributed by atoms with van der Waals surface area (Å²) in [4.78, 5) is 26.7. The van der Waals surface area contributed by atoms with E-state index in [4.69, 9.17) is 21.1 Å². The maximum atomic E-state index is 12.8. The van der Waals surface area contributed by atoms with Gasteiger partial charge in [-0.2, -0.15) is 0 Å². The molecule has 0 spiro atoms. The van der Waals surface area contributed by atoms with Crippen molar-refractivity contribution in [1.82, 2.24) is 0 Å². The lowest BCUT2D eigenvalue weighted by Gasteiger charge is -2.13. The molecule has 0 aliphatic carbocycles. The van der Waals surface area contributed by atoms with E-state index in [1.54, 1.807) is 56.7 Å². The highest BCUT2D eigenvalue weighted by atomic mass is 35.5. The van der Waals surface area contributed by atoms with E-state index in [9.17, 15) is 9.59 Å². The van der Waals surface area contributed by atoms with Gasteiger partial charge in [0, 0.05) is 10.6 Å². The van der Waals surface area contributed by atoms with E-state index in [0.717, 1.165) is 27.8 Å². The predicted molar refractivity (Wildman–Crippen MR) is 113 cm³/mol. The molecule has 1 aliphatic rings. The van der Waals surface area contributed by atoms with E-state index in [2.05, 4.69) is 6.58 Å². The number of imide groups is 1. The number of rotatable bonds is 6. The molecule has 2 aromatic rings. The highest BCUT2D eigenvalue weighted by Crippen LogP contribution is 2.38. The van der Waals surface area contributed by atoms with Gasteiger partial charge in [0.05, 0.1) is 24.8 Å². The van der Waals surface area contributed by atoms with E-state index < -0.39 is 0 Å². The van der Waals surface area contributed by atoms with Crippen molar-refractivity contribution in [3.8, 4) is 11.5 Å². The van der Waals surface area contributed by atoms with Crippen LogP contribution in [0.5, 0.6) is 11.5 Å². The second-order valence-corrected chi connectivity index (χ2v) is 7.33. The first-order chi connectivity index (χ1) is 13.5. The molecule has 0 aromatic heterocycles. The molecule has 1 aliphatic heterocycles. The summed E-state index contributed by atoms with van der Waals surface area (Å²) >= 11 is 6.78. The van der Waals surface area contributed by atoms with Crippen molar-refractivity contribution in [3.05, 3.63) is 70.1 Å². The highest BCUT2D eigenvalue weighted by Gasteiger charge is 2.36. The minimum Gasteiger partial charge on any atom is -0.493 e. The molecule has 5 nitrogen and oxygen atoms in total. The molecular weight excluding hydrogens is 398 g/mol. The molecule has 3 rings (SSSR count). The number of amides is 2. The summed E-state index contributed by atoms with van der Waals surface area (Å²) in [5, 5.41) is 0.178. The van der Waals surface area contributed by atoms with Crippen molar-refractivity contribution < 1.29 is 19.1 Å². The summed E-state index contributed by atoms with van der Waals surface area (Å²) in [6.07, 6.45) is 4.01. The Bertz CT molecular complexity index is 969. The minimum absolute atomic E-state index is 0.330. The van der Waals surface area contributed by atoms with E-state index in [-0.39, 0.29) is 11.1 Å². The third-order valence-corrected chi connectivity index (χ3v) is 5.24. The minimum atomic E-state index is -0.377. The predicted octanol–water partition coefficient (Wildman–Crippen LogP) is 5.33. The Balaban J connectivity index is 1.98. The van der Waals surface area contributed by atoms with Crippen LogP contribution in [0.4, 0.5) is 10.5 Å². The molecule has 28 heavy (non-hydrogen) atoms. The van der Waals surface area contributed by atoms with Crippen molar-refractivity contribution in [2.45, 2.75) is 6.42 Å². The fraction of sp³-hybridized carbons (Fsp3) is 0.143. The van der Waals surface area contributed by atoms with Crippen LogP contribution >= 0.6 is 23.4 Å². The molecule has 0 bridgehead atoms. The first kappa shape index (κ1) is 20.0. The van der Waals surface area contributed by atoms with Gasteiger partial charge >= 0.3 is 0 Å². The molecule has 0 unspecified atom stereocenters. The van der Waals surface area contributed by atoms with Crippen LogP contribution in [0, 0.1) is 0 Å². The number of hydrogen-bond donors (Lipinski definition) is 0. The van der Waals surface area contributed by atoms with Crippen LogP contribution in [0.25, 0.3) is 6.08 Å². The number of carbonyl (C=O) groups excluding carboxylic acids is 2. The summed E-state index contributed by atoms with van der Waals surface area (Å²) < 4.78 is 10.8. The van der Waals surface area contributed by atoms with Gasteiger partial charge in [0.1, 0.15) is 0 Å². The third-order valence-electron chi connectivity index (χ3n) is 4.12. The van der Waals surface area contributed by atoms with Gasteiger partial charge in [-0.3, -0.25) is 9.59 Å². The number of ether oxygens (including phenoxy) is 2. The van der Waals surface area contributed by atoms with Gasteiger partial charge in [-0.25, -0.2) is 4.90 Å². The smallest absolute Gasteiger partial charge is 0.298 e. The molecule has 0 saturated carbocycles. The van der Waals surface area contributed by atoms with E-state index >= 15 is 0 Å². The number of hydrogen-bond acceptors (Lipinski definition) is 5. The average Bonchev–Trinajstić information content (AvgIpc) is 2.95. The number of allylic oxidation sites excluding steroid dienone is 1. The Hall–Kier alpha value is -2.70. The van der Waals surface area contributed by atoms with Crippen molar-refractivity contribution in [3.63, 3.8) is 0 Å². The molecule has 1 fully saturated rings. The Labute approximate surface area is 172 Å². The SMILES string of the molecule is C=CCc1cc(/C=C2/SC(=O)N(c3ccc(Cl)cc3)C2=O)cc(OC)c1OC. The summed E-state index contributed by atoms with van der Waals surface area (Å²) in [6, 6.07) is 10.2. The summed E-state index contributed by atoms with van der Waals surface area (Å²) in [7, 11) is 3.12. The Kier molecular flexibility index (Phi) is 6.11. The zero-order chi connectivity index (χ0) is 20.3. The zero-order valence-electron chi connectivity index (χ0n) is 15.4. The lowest BCUT2D eigenvalue weighted by atomic mass is 10.0. The number of methoxy groups -OCH3 is 2. The molecule has 144 valence electrons. The topological polar surface area (TPSA) is 55.8 Å². The standard InChI is InChI=1S/C21H18ClNO4S/c1-4-5-14-10-13(11-17(26-2)19(14)27-3)12-18-20(24)23(21(25)28-18)16-8-6-15(22)7-9-16/h4,6-12H,1,5H2,2-3H3/b18-12+. The summed E-state index contributed by atoms with van der Waals surface area (Å²) in [5.74, 6) is 0.788. The number of benzene rings is 2. The van der Waals surface area contributed by atoms with Gasteiger partial charge in [0.15, 0.2) is 11.5 Å². The Morgan fingerprint density at radius 1 is 1.14 bits per heavy atom. The lowest BCUT2D eigenvalue weighted by Crippen LogP contribution is -2.27. The van der Waals surface area contributed by atoms with Crippen LogP contribution in [0.15, 0.2) is 54.0 Å². The number of thioether (sulfide) groups is 1. The van der Waals surface area contributed by atoms with Crippen molar-refractivity contribution in [2.75, 3.05) is 19.1 Å². The van der Waals surface area contributed by atoms with Crippen LogP contribution in [0.2, 0.25) is 5.02 Å². The fourth-order valence-electron chi connectivity index (χ4n) is 2.89. The van der Waals surface area contributed by atoms with Crippen molar-refractivity contribution >= 4 is 46.3 Å². The molecule has 0 atom stereocenters. The van der Waals surface area contributed by atoms with Gasteiger partial charge in [-0.15, -0.1) is 6.58 Å². The van der Waals surface area contributed by atoms with Crippen LogP contribution in [-0.4, -0.2) is 25.4 Å². The van der Waals surface area contributed by atoms with Crippen LogP contribution in [0.1, 0.15) is 11.1 Å². The normalized spacial score (nSPS) is 15.2. The van der Waals surface area contributed by atoms with E-state index in [0.29, 0.717) is 33.5 Å². The molecular formula is C21H18ClNO4S. The maximum absolute atomic E-state index is 12.8. The number of carbonyl (C=O) groups is 2. The second-order valence-electron chi connectivity index (χ2n) is 5.90. The first-order valence-electron chi connectivity index (χ1n) is 8.37. The third kappa shape index (κ3) is 3.93. The first-order valence-corrected chi connectivity index (χ1v) is 9.57. The van der Waals surface area contributed by atoms with Gasteiger partial charge < -0.3 is 9.47 Å². The number of halogens is 1. The fourth-order valence-corrected chi connectivity index (χ4v) is 3.86. The molecule has 1 saturated heterocycles. The van der Waals surface area contributed by atoms with Crippen molar-refractivity contribution in [1.29, 1.82) is 0 Å². The largest absolute Gasteiger partial charge is 0.493 e. The van der Waals surface area contributed by atoms with Gasteiger partial charge in [0.2, 0.25) is 0 Å². The van der Waals surface area contributed by atoms with Gasteiger partial charge in [-0.05, 0) is 66.2 Å². The highest BCUT2D eigenvalue weighted by molar-refractivity contribution is 8.19. The van der Waals surface area contributed by atoms with E-state index in [1.807, 2.05) is 6.07 Å². The van der Waals surface area contributed by atoms with Crippen LogP contribution in [0.3, 0.4) is 0 Å². The maximum Gasteiger partial charge on any atom is 0.298 e. The molecule has 2 amide bonds. The molecule has 0 N–H and O–H groups in total. The number of anilines is 1. The Morgan fingerprint density at radius 3 is 2.46 bits per heavy atom.